The van der Waals surface area contributed by atoms with E-state index in [1.807, 2.05) is 12.1 Å². The summed E-state index contributed by atoms with van der Waals surface area (Å²) in [6.45, 7) is 3.61. The Kier molecular flexibility index (Phi) is 7.87. The highest BCUT2D eigenvalue weighted by Gasteiger charge is 2.20. The summed E-state index contributed by atoms with van der Waals surface area (Å²) in [6, 6.07) is 13.5. The summed E-state index contributed by atoms with van der Waals surface area (Å²) in [5.74, 6) is -1.98. The molecular weight excluding hydrogens is 396 g/mol. The number of ether oxygens (including phenoxy) is 1. The summed E-state index contributed by atoms with van der Waals surface area (Å²) in [6.07, 6.45) is -0.290. The van der Waals surface area contributed by atoms with Gasteiger partial charge in [0.1, 0.15) is 5.75 Å². The van der Waals surface area contributed by atoms with E-state index in [1.165, 1.54) is 19.9 Å². The first-order valence-electron chi connectivity index (χ1n) is 9.16. The summed E-state index contributed by atoms with van der Waals surface area (Å²) in [5, 5.41) is 22.6. The van der Waals surface area contributed by atoms with Crippen LogP contribution in [0.3, 0.4) is 0 Å². The molecule has 0 heterocycles. The zero-order valence-electron chi connectivity index (χ0n) is 16.4. The van der Waals surface area contributed by atoms with Gasteiger partial charge in [0.15, 0.2) is 0 Å². The van der Waals surface area contributed by atoms with E-state index in [9.17, 15) is 19.8 Å². The van der Waals surface area contributed by atoms with Crippen LogP contribution in [0, 0.1) is 0 Å². The van der Waals surface area contributed by atoms with Crippen LogP contribution in [0.2, 0.25) is 5.02 Å². The van der Waals surface area contributed by atoms with Crippen LogP contribution in [0.15, 0.2) is 48.5 Å². The fraction of sp³-hybridized carbons (Fsp3) is 0.333. The average molecular weight is 421 g/mol. The number of benzene rings is 2. The van der Waals surface area contributed by atoms with Gasteiger partial charge in [-0.05, 0) is 36.2 Å². The minimum atomic E-state index is -1.56. The first-order chi connectivity index (χ1) is 13.7. The van der Waals surface area contributed by atoms with E-state index >= 15 is 0 Å². The average Bonchev–Trinajstić information content (AvgIpc) is 2.64. The van der Waals surface area contributed by atoms with Crippen LogP contribution >= 0.6 is 11.6 Å². The second kappa shape index (κ2) is 10.1. The lowest BCUT2D eigenvalue weighted by molar-refractivity contribution is -0.131. The number of nitrogens with one attached hydrogen (secondary N) is 1. The predicted molar refractivity (Wildman–Crippen MR) is 110 cm³/mol. The lowest BCUT2D eigenvalue weighted by Crippen LogP contribution is -2.37. The van der Waals surface area contributed by atoms with Crippen LogP contribution < -0.4 is 5.32 Å². The van der Waals surface area contributed by atoms with Crippen LogP contribution in [0.5, 0.6) is 5.75 Å². The summed E-state index contributed by atoms with van der Waals surface area (Å²) < 4.78 is 4.76. The number of nitrogens with zero attached hydrogens (tertiary/aromatic N) is 1. The topological polar surface area (TPSA) is 99.1 Å². The molecule has 0 spiro atoms. The SMILES string of the molecule is CC(C)(O)OC(=O)NCCCN(Cc1ccc(Cl)cc1)C(=O)c1ccccc1O. The summed E-state index contributed by atoms with van der Waals surface area (Å²) >= 11 is 5.92. The zero-order chi connectivity index (χ0) is 21.4. The maximum atomic E-state index is 12.9. The Morgan fingerprint density at radius 2 is 1.79 bits per heavy atom. The van der Waals surface area contributed by atoms with Gasteiger partial charge in [0.25, 0.3) is 5.91 Å². The van der Waals surface area contributed by atoms with Crippen LogP contribution in [-0.2, 0) is 11.3 Å². The van der Waals surface area contributed by atoms with Crippen molar-refractivity contribution in [2.75, 3.05) is 13.1 Å². The number of phenolic OH excluding ortho intramolecular Hbond substituents is 1. The number of hydrogen-bond acceptors (Lipinski definition) is 5. The number of amides is 2. The smallest absolute Gasteiger partial charge is 0.409 e. The molecule has 0 unspecified atom stereocenters. The van der Waals surface area contributed by atoms with Gasteiger partial charge in [-0.1, -0.05) is 35.9 Å². The van der Waals surface area contributed by atoms with Gasteiger partial charge in [-0.25, -0.2) is 4.79 Å². The first-order valence-corrected chi connectivity index (χ1v) is 9.54. The minimum absolute atomic E-state index is 0.0921. The molecule has 0 saturated carbocycles. The number of rotatable bonds is 8. The van der Waals surface area contributed by atoms with Gasteiger partial charge >= 0.3 is 6.09 Å². The summed E-state index contributed by atoms with van der Waals surface area (Å²) in [5.41, 5.74) is 1.09. The van der Waals surface area contributed by atoms with Crippen LogP contribution in [0.25, 0.3) is 0 Å². The van der Waals surface area contributed by atoms with Gasteiger partial charge in [0, 0.05) is 38.5 Å². The van der Waals surface area contributed by atoms with Gasteiger partial charge in [-0.15, -0.1) is 0 Å². The molecule has 3 N–H and O–H groups in total. The highest BCUT2D eigenvalue weighted by Crippen LogP contribution is 2.20. The number of carbonyl (C=O) groups is 2. The van der Waals surface area contributed by atoms with Crippen LogP contribution in [0.4, 0.5) is 4.79 Å². The number of aliphatic hydroxyl groups is 1. The molecule has 0 saturated heterocycles. The predicted octanol–water partition coefficient (Wildman–Crippen LogP) is 3.53. The van der Waals surface area contributed by atoms with Crippen molar-refractivity contribution in [3.8, 4) is 5.75 Å². The van der Waals surface area contributed by atoms with Crippen molar-refractivity contribution in [3.05, 3.63) is 64.7 Å². The molecule has 0 bridgehead atoms. The quantitative estimate of drug-likeness (QED) is 0.448. The van der Waals surface area contributed by atoms with Gasteiger partial charge in [-0.2, -0.15) is 0 Å². The van der Waals surface area contributed by atoms with Gasteiger partial charge in [-0.3, -0.25) is 4.79 Å². The standard InChI is InChI=1S/C21H25ClN2O5/c1-21(2,28)29-20(27)23-12-5-13-24(14-15-8-10-16(22)11-9-15)19(26)17-6-3-4-7-18(17)25/h3-4,6-11,25,28H,5,12-14H2,1-2H3,(H,23,27). The molecule has 0 aliphatic rings. The normalized spacial score (nSPS) is 11.0. The van der Waals surface area contributed by atoms with Crippen LogP contribution in [-0.4, -0.2) is 46.0 Å². The molecule has 0 atom stereocenters. The number of halogens is 1. The van der Waals surface area contributed by atoms with Crippen molar-refractivity contribution in [2.24, 2.45) is 0 Å². The molecule has 0 aliphatic carbocycles. The van der Waals surface area contributed by atoms with Gasteiger partial charge < -0.3 is 25.2 Å². The molecule has 8 heteroatoms. The van der Waals surface area contributed by atoms with E-state index in [0.717, 1.165) is 5.56 Å². The van der Waals surface area contributed by atoms with Gasteiger partial charge in [0.2, 0.25) is 5.79 Å². The number of hydrogen-bond donors (Lipinski definition) is 3. The molecule has 0 radical (unpaired) electrons. The molecule has 29 heavy (non-hydrogen) atoms. The number of alkyl carbamates (subject to hydrolysis) is 1. The van der Waals surface area contributed by atoms with E-state index < -0.39 is 11.9 Å². The van der Waals surface area contributed by atoms with Crippen molar-refractivity contribution in [3.63, 3.8) is 0 Å². The van der Waals surface area contributed by atoms with Crippen molar-refractivity contribution >= 4 is 23.6 Å². The third-order valence-corrected chi connectivity index (χ3v) is 4.18. The van der Waals surface area contributed by atoms with E-state index in [4.69, 9.17) is 16.3 Å². The Labute approximate surface area is 174 Å². The Hall–Kier alpha value is -2.77. The van der Waals surface area contributed by atoms with Crippen molar-refractivity contribution in [2.45, 2.75) is 32.6 Å². The molecule has 2 aromatic carbocycles. The molecule has 0 aliphatic heterocycles. The molecule has 2 amide bonds. The zero-order valence-corrected chi connectivity index (χ0v) is 17.1. The summed E-state index contributed by atoms with van der Waals surface area (Å²) in [7, 11) is 0. The number of carbonyl (C=O) groups excluding carboxylic acids is 2. The molecular formula is C21H25ClN2O5. The third-order valence-electron chi connectivity index (χ3n) is 3.92. The molecule has 156 valence electrons. The second-order valence-electron chi connectivity index (χ2n) is 6.99. The summed E-state index contributed by atoms with van der Waals surface area (Å²) in [4.78, 5) is 26.1. The van der Waals surface area contributed by atoms with E-state index in [1.54, 1.807) is 35.2 Å². The lowest BCUT2D eigenvalue weighted by Gasteiger charge is -2.24. The van der Waals surface area contributed by atoms with E-state index in [2.05, 4.69) is 5.32 Å². The van der Waals surface area contributed by atoms with E-state index in [-0.39, 0.29) is 23.8 Å². The Balaban J connectivity index is 2.02. The fourth-order valence-corrected chi connectivity index (χ4v) is 2.74. The van der Waals surface area contributed by atoms with Crippen molar-refractivity contribution in [1.82, 2.24) is 10.2 Å². The molecule has 0 fully saturated rings. The van der Waals surface area contributed by atoms with Crippen molar-refractivity contribution in [1.29, 1.82) is 0 Å². The molecule has 7 nitrogen and oxygen atoms in total. The molecule has 2 rings (SSSR count). The third kappa shape index (κ3) is 7.63. The number of para-hydroxylation sites is 1. The molecule has 0 aromatic heterocycles. The Morgan fingerprint density at radius 3 is 2.41 bits per heavy atom. The number of aromatic hydroxyl groups is 1. The highest BCUT2D eigenvalue weighted by atomic mass is 35.5. The Morgan fingerprint density at radius 1 is 1.14 bits per heavy atom. The molecule has 2 aromatic rings. The first kappa shape index (κ1) is 22.5. The monoisotopic (exact) mass is 420 g/mol. The van der Waals surface area contributed by atoms with Gasteiger partial charge in [0.05, 0.1) is 5.56 Å². The van der Waals surface area contributed by atoms with E-state index in [0.29, 0.717) is 24.5 Å². The largest absolute Gasteiger partial charge is 0.507 e. The number of phenols is 1. The second-order valence-corrected chi connectivity index (χ2v) is 7.42. The Bertz CT molecular complexity index is 834. The fourth-order valence-electron chi connectivity index (χ4n) is 2.61. The maximum Gasteiger partial charge on any atom is 0.409 e. The van der Waals surface area contributed by atoms with Crippen LogP contribution in [0.1, 0.15) is 36.2 Å². The lowest BCUT2D eigenvalue weighted by atomic mass is 10.1. The highest BCUT2D eigenvalue weighted by molar-refractivity contribution is 6.30. The minimum Gasteiger partial charge on any atom is -0.507 e. The maximum absolute atomic E-state index is 12.9. The van der Waals surface area contributed by atoms with Crippen molar-refractivity contribution < 1.29 is 24.5 Å².